The van der Waals surface area contributed by atoms with Gasteiger partial charge in [-0.3, -0.25) is 4.79 Å². The van der Waals surface area contributed by atoms with Gasteiger partial charge in [-0.15, -0.1) is 0 Å². The predicted octanol–water partition coefficient (Wildman–Crippen LogP) is 2.30. The summed E-state index contributed by atoms with van der Waals surface area (Å²) in [6.07, 6.45) is 5.06. The third-order valence-corrected chi connectivity index (χ3v) is 4.30. The molecule has 0 aliphatic heterocycles. The van der Waals surface area contributed by atoms with Gasteiger partial charge in [-0.2, -0.15) is 0 Å². The second-order valence-electron chi connectivity index (χ2n) is 5.99. The summed E-state index contributed by atoms with van der Waals surface area (Å²) in [5.74, 6) is 0.781. The Labute approximate surface area is 125 Å². The average Bonchev–Trinajstić information content (AvgIpc) is 3.24. The lowest BCUT2D eigenvalue weighted by molar-refractivity contribution is -0.132. The van der Waals surface area contributed by atoms with E-state index in [-0.39, 0.29) is 5.91 Å². The second-order valence-corrected chi connectivity index (χ2v) is 5.99. The van der Waals surface area contributed by atoms with Gasteiger partial charge in [0.15, 0.2) is 0 Å². The standard InChI is InChI=1S/C17H23N3O/c1-2-20(11-12-7-8-12)17(21)15(18)9-13-10-19-16-6-4-3-5-14(13)16/h3-6,10,12,15,19H,2,7-9,11,18H2,1H3/t15-/m0/s1. The van der Waals surface area contributed by atoms with Crippen LogP contribution < -0.4 is 5.73 Å². The number of H-pyrrole nitrogens is 1. The van der Waals surface area contributed by atoms with Gasteiger partial charge >= 0.3 is 0 Å². The molecule has 2 aromatic rings. The van der Waals surface area contributed by atoms with Crippen LogP contribution in [0.4, 0.5) is 0 Å². The summed E-state index contributed by atoms with van der Waals surface area (Å²) < 4.78 is 0. The molecule has 0 radical (unpaired) electrons. The van der Waals surface area contributed by atoms with Gasteiger partial charge in [-0.05, 0) is 43.7 Å². The Balaban J connectivity index is 1.69. The van der Waals surface area contributed by atoms with Gasteiger partial charge in [0.25, 0.3) is 0 Å². The van der Waals surface area contributed by atoms with E-state index in [9.17, 15) is 4.79 Å². The van der Waals surface area contributed by atoms with Crippen molar-refractivity contribution in [3.63, 3.8) is 0 Å². The molecule has 3 N–H and O–H groups in total. The summed E-state index contributed by atoms with van der Waals surface area (Å²) in [7, 11) is 0. The first-order valence-corrected chi connectivity index (χ1v) is 7.78. The normalized spacial score (nSPS) is 16.1. The van der Waals surface area contributed by atoms with Crippen molar-refractivity contribution in [2.75, 3.05) is 13.1 Å². The van der Waals surface area contributed by atoms with Crippen LogP contribution in [0.3, 0.4) is 0 Å². The van der Waals surface area contributed by atoms with Crippen LogP contribution in [0, 0.1) is 5.92 Å². The first-order valence-electron chi connectivity index (χ1n) is 7.78. The van der Waals surface area contributed by atoms with E-state index in [0.717, 1.165) is 29.6 Å². The van der Waals surface area contributed by atoms with Gasteiger partial charge in [-0.25, -0.2) is 0 Å². The Bertz CT molecular complexity index is 630. The lowest BCUT2D eigenvalue weighted by atomic mass is 10.0. The molecule has 4 heteroatoms. The number of carbonyl (C=O) groups excluding carboxylic acids is 1. The molecule has 4 nitrogen and oxygen atoms in total. The third kappa shape index (κ3) is 3.10. The highest BCUT2D eigenvalue weighted by Crippen LogP contribution is 2.30. The van der Waals surface area contributed by atoms with E-state index in [1.54, 1.807) is 0 Å². The summed E-state index contributed by atoms with van der Waals surface area (Å²) in [4.78, 5) is 17.6. The zero-order chi connectivity index (χ0) is 14.8. The van der Waals surface area contributed by atoms with E-state index in [2.05, 4.69) is 11.1 Å². The molecule has 0 spiro atoms. The first kappa shape index (κ1) is 14.1. The third-order valence-electron chi connectivity index (χ3n) is 4.30. The van der Waals surface area contributed by atoms with E-state index in [4.69, 9.17) is 5.73 Å². The summed E-state index contributed by atoms with van der Waals surface area (Å²) in [6.45, 7) is 3.65. The maximum Gasteiger partial charge on any atom is 0.239 e. The van der Waals surface area contributed by atoms with Crippen molar-refractivity contribution in [2.45, 2.75) is 32.2 Å². The van der Waals surface area contributed by atoms with Crippen LogP contribution in [-0.2, 0) is 11.2 Å². The molecule has 1 amide bonds. The number of fused-ring (bicyclic) bond motifs is 1. The molecule has 3 rings (SSSR count). The molecule has 1 fully saturated rings. The fourth-order valence-corrected chi connectivity index (χ4v) is 2.85. The lowest BCUT2D eigenvalue weighted by Crippen LogP contribution is -2.45. The quantitative estimate of drug-likeness (QED) is 0.855. The smallest absolute Gasteiger partial charge is 0.239 e. The summed E-state index contributed by atoms with van der Waals surface area (Å²) in [5, 5.41) is 1.16. The molecule has 0 saturated heterocycles. The molecule has 21 heavy (non-hydrogen) atoms. The lowest BCUT2D eigenvalue weighted by Gasteiger charge is -2.24. The topological polar surface area (TPSA) is 62.1 Å². The molecule has 1 aromatic carbocycles. The Morgan fingerprint density at radius 3 is 2.90 bits per heavy atom. The number of nitrogens with zero attached hydrogens (tertiary/aromatic N) is 1. The molecular formula is C17H23N3O. The van der Waals surface area contributed by atoms with Crippen LogP contribution in [0.5, 0.6) is 0 Å². The Hall–Kier alpha value is -1.81. The summed E-state index contributed by atoms with van der Waals surface area (Å²) in [6, 6.07) is 7.67. The Morgan fingerprint density at radius 2 is 2.19 bits per heavy atom. The van der Waals surface area contributed by atoms with E-state index in [1.807, 2.05) is 36.2 Å². The second kappa shape index (κ2) is 5.90. The number of nitrogens with two attached hydrogens (primary N) is 1. The maximum atomic E-state index is 12.5. The number of hydrogen-bond acceptors (Lipinski definition) is 2. The highest BCUT2D eigenvalue weighted by molar-refractivity contribution is 5.86. The number of carbonyl (C=O) groups is 1. The zero-order valence-corrected chi connectivity index (χ0v) is 12.5. The van der Waals surface area contributed by atoms with Crippen LogP contribution in [0.15, 0.2) is 30.5 Å². The van der Waals surface area contributed by atoms with Crippen molar-refractivity contribution < 1.29 is 4.79 Å². The van der Waals surface area contributed by atoms with Crippen LogP contribution in [0.2, 0.25) is 0 Å². The van der Waals surface area contributed by atoms with E-state index in [0.29, 0.717) is 12.3 Å². The molecule has 1 aromatic heterocycles. The van der Waals surface area contributed by atoms with Crippen molar-refractivity contribution in [3.05, 3.63) is 36.0 Å². The number of para-hydroxylation sites is 1. The van der Waals surface area contributed by atoms with Crippen LogP contribution >= 0.6 is 0 Å². The van der Waals surface area contributed by atoms with Crippen molar-refractivity contribution >= 4 is 16.8 Å². The molecule has 1 atom stereocenters. The van der Waals surface area contributed by atoms with Gasteiger partial charge in [0.1, 0.15) is 0 Å². The molecule has 1 aliphatic carbocycles. The minimum absolute atomic E-state index is 0.0784. The monoisotopic (exact) mass is 285 g/mol. The fraction of sp³-hybridized carbons (Fsp3) is 0.471. The maximum absolute atomic E-state index is 12.5. The Kier molecular flexibility index (Phi) is 3.97. The number of benzene rings is 1. The number of likely N-dealkylation sites (N-methyl/N-ethyl adjacent to an activating group) is 1. The van der Waals surface area contributed by atoms with Gasteiger partial charge in [0.05, 0.1) is 6.04 Å². The minimum atomic E-state index is -0.456. The van der Waals surface area contributed by atoms with Crippen molar-refractivity contribution in [3.8, 4) is 0 Å². The van der Waals surface area contributed by atoms with Crippen molar-refractivity contribution in [2.24, 2.45) is 11.7 Å². The number of amides is 1. The van der Waals surface area contributed by atoms with Crippen LogP contribution in [0.1, 0.15) is 25.3 Å². The molecule has 0 bridgehead atoms. The molecule has 1 saturated carbocycles. The molecule has 1 heterocycles. The molecule has 112 valence electrons. The molecule has 0 unspecified atom stereocenters. The highest BCUT2D eigenvalue weighted by Gasteiger charge is 2.28. The zero-order valence-electron chi connectivity index (χ0n) is 12.5. The van der Waals surface area contributed by atoms with E-state index < -0.39 is 6.04 Å². The fourth-order valence-electron chi connectivity index (χ4n) is 2.85. The summed E-state index contributed by atoms with van der Waals surface area (Å²) >= 11 is 0. The Morgan fingerprint density at radius 1 is 1.43 bits per heavy atom. The summed E-state index contributed by atoms with van der Waals surface area (Å²) in [5.41, 5.74) is 8.38. The van der Waals surface area contributed by atoms with Gasteiger partial charge < -0.3 is 15.6 Å². The van der Waals surface area contributed by atoms with Gasteiger partial charge in [0, 0.05) is 30.2 Å². The van der Waals surface area contributed by atoms with Crippen LogP contribution in [-0.4, -0.2) is 34.9 Å². The van der Waals surface area contributed by atoms with Gasteiger partial charge in [-0.1, -0.05) is 18.2 Å². The van der Waals surface area contributed by atoms with Crippen LogP contribution in [0.25, 0.3) is 10.9 Å². The number of hydrogen-bond donors (Lipinski definition) is 2. The number of rotatable bonds is 6. The molecular weight excluding hydrogens is 262 g/mol. The van der Waals surface area contributed by atoms with Gasteiger partial charge in [0.2, 0.25) is 5.91 Å². The number of aromatic amines is 1. The highest BCUT2D eigenvalue weighted by atomic mass is 16.2. The largest absolute Gasteiger partial charge is 0.361 e. The van der Waals surface area contributed by atoms with Crippen molar-refractivity contribution in [1.82, 2.24) is 9.88 Å². The van der Waals surface area contributed by atoms with E-state index >= 15 is 0 Å². The predicted molar refractivity (Wildman–Crippen MR) is 85.0 cm³/mol. The number of aromatic nitrogens is 1. The average molecular weight is 285 g/mol. The SMILES string of the molecule is CCN(CC1CC1)C(=O)[C@@H](N)Cc1c[nH]c2ccccc12. The first-order chi connectivity index (χ1) is 10.2. The number of nitrogens with one attached hydrogen (secondary N) is 1. The van der Waals surface area contributed by atoms with E-state index in [1.165, 1.54) is 12.8 Å². The molecule has 1 aliphatic rings. The minimum Gasteiger partial charge on any atom is -0.361 e. The van der Waals surface area contributed by atoms with Crippen molar-refractivity contribution in [1.29, 1.82) is 0 Å².